The predicted octanol–water partition coefficient (Wildman–Crippen LogP) is 4.24. The van der Waals surface area contributed by atoms with Crippen molar-refractivity contribution < 1.29 is 4.79 Å². The van der Waals surface area contributed by atoms with E-state index < -0.39 is 0 Å². The zero-order valence-electron chi connectivity index (χ0n) is 12.1. The first-order valence-electron chi connectivity index (χ1n) is 6.82. The van der Waals surface area contributed by atoms with E-state index >= 15 is 0 Å². The number of carbonyl (C=O) groups is 1. The molecule has 0 unspecified atom stereocenters. The number of amides is 1. The van der Waals surface area contributed by atoms with Gasteiger partial charge in [-0.2, -0.15) is 11.3 Å². The van der Waals surface area contributed by atoms with Crippen LogP contribution in [0.2, 0.25) is 0 Å². The molecule has 0 bridgehead atoms. The summed E-state index contributed by atoms with van der Waals surface area (Å²) in [4.78, 5) is 14.3. The summed E-state index contributed by atoms with van der Waals surface area (Å²) in [6, 6.07) is 10.3. The third-order valence-electron chi connectivity index (χ3n) is 3.20. The van der Waals surface area contributed by atoms with Gasteiger partial charge >= 0.3 is 0 Å². The van der Waals surface area contributed by atoms with Gasteiger partial charge in [0.05, 0.1) is 5.56 Å². The minimum absolute atomic E-state index is 0.0600. The molecule has 20 heavy (non-hydrogen) atoms. The van der Waals surface area contributed by atoms with E-state index in [1.807, 2.05) is 41.1 Å². The van der Waals surface area contributed by atoms with Gasteiger partial charge in [0.1, 0.15) is 0 Å². The van der Waals surface area contributed by atoms with Crippen LogP contribution in [0.1, 0.15) is 31.1 Å². The highest BCUT2D eigenvalue weighted by Crippen LogP contribution is 2.20. The Kier molecular flexibility index (Phi) is 4.79. The Labute approximate surface area is 124 Å². The van der Waals surface area contributed by atoms with E-state index in [4.69, 9.17) is 0 Å². The van der Waals surface area contributed by atoms with Gasteiger partial charge in [-0.05, 0) is 56.5 Å². The molecule has 106 valence electrons. The van der Waals surface area contributed by atoms with Gasteiger partial charge in [-0.15, -0.1) is 0 Å². The number of anilines is 2. The zero-order valence-corrected chi connectivity index (χ0v) is 12.9. The lowest BCUT2D eigenvalue weighted by molar-refractivity contribution is 0.102. The fraction of sp³-hybridized carbons (Fsp3) is 0.312. The fourth-order valence-electron chi connectivity index (χ4n) is 2.18. The third kappa shape index (κ3) is 3.39. The lowest BCUT2D eigenvalue weighted by Gasteiger charge is -2.27. The van der Waals surface area contributed by atoms with Crippen molar-refractivity contribution in [3.8, 4) is 0 Å². The Bertz CT molecular complexity index is 546. The number of hydrogen-bond acceptors (Lipinski definition) is 3. The average Bonchev–Trinajstić information content (AvgIpc) is 2.95. The molecule has 0 fully saturated rings. The van der Waals surface area contributed by atoms with E-state index in [1.165, 1.54) is 17.0 Å². The maximum Gasteiger partial charge on any atom is 0.256 e. The van der Waals surface area contributed by atoms with Crippen LogP contribution in [0, 0.1) is 0 Å². The Morgan fingerprint density at radius 1 is 1.25 bits per heavy atom. The van der Waals surface area contributed by atoms with Gasteiger partial charge in [0.2, 0.25) is 0 Å². The van der Waals surface area contributed by atoms with Gasteiger partial charge in [-0.1, -0.05) is 0 Å². The van der Waals surface area contributed by atoms with Gasteiger partial charge in [0.15, 0.2) is 0 Å². The lowest BCUT2D eigenvalue weighted by Crippen LogP contribution is -2.30. The average molecular weight is 288 g/mol. The monoisotopic (exact) mass is 288 g/mol. The van der Waals surface area contributed by atoms with Crippen molar-refractivity contribution in [1.29, 1.82) is 0 Å². The molecule has 1 aromatic carbocycles. The molecule has 0 atom stereocenters. The first kappa shape index (κ1) is 14.6. The van der Waals surface area contributed by atoms with Crippen molar-refractivity contribution in [3.05, 3.63) is 46.7 Å². The lowest BCUT2D eigenvalue weighted by atomic mass is 10.2. The molecule has 0 spiro atoms. The highest BCUT2D eigenvalue weighted by Gasteiger charge is 2.09. The first-order chi connectivity index (χ1) is 9.61. The molecule has 4 heteroatoms. The summed E-state index contributed by atoms with van der Waals surface area (Å²) in [7, 11) is 0. The van der Waals surface area contributed by atoms with Crippen LogP contribution in [0.5, 0.6) is 0 Å². The Morgan fingerprint density at radius 2 is 1.95 bits per heavy atom. The van der Waals surface area contributed by atoms with Crippen molar-refractivity contribution in [3.63, 3.8) is 0 Å². The van der Waals surface area contributed by atoms with Crippen LogP contribution in [0.4, 0.5) is 11.4 Å². The molecule has 0 saturated carbocycles. The van der Waals surface area contributed by atoms with E-state index in [9.17, 15) is 4.79 Å². The van der Waals surface area contributed by atoms with E-state index in [1.54, 1.807) is 0 Å². The minimum Gasteiger partial charge on any atom is -0.369 e. The standard InChI is InChI=1S/C16H20N2OS/c1-4-18(12(2)3)15-7-5-14(6-8-15)17-16(19)13-9-10-20-11-13/h5-12H,4H2,1-3H3,(H,17,19). The normalized spacial score (nSPS) is 10.6. The van der Waals surface area contributed by atoms with E-state index in [0.717, 1.165) is 12.2 Å². The molecule has 2 rings (SSSR count). The maximum atomic E-state index is 11.9. The van der Waals surface area contributed by atoms with Crippen molar-refractivity contribution in [2.75, 3.05) is 16.8 Å². The van der Waals surface area contributed by atoms with Crippen LogP contribution < -0.4 is 10.2 Å². The van der Waals surface area contributed by atoms with Gasteiger partial charge in [0, 0.05) is 29.3 Å². The van der Waals surface area contributed by atoms with Crippen molar-refractivity contribution in [2.45, 2.75) is 26.8 Å². The summed E-state index contributed by atoms with van der Waals surface area (Å²) < 4.78 is 0. The summed E-state index contributed by atoms with van der Waals surface area (Å²) >= 11 is 1.52. The van der Waals surface area contributed by atoms with Crippen molar-refractivity contribution >= 4 is 28.6 Å². The van der Waals surface area contributed by atoms with E-state index in [0.29, 0.717) is 11.6 Å². The Hall–Kier alpha value is -1.81. The first-order valence-corrected chi connectivity index (χ1v) is 7.76. The second kappa shape index (κ2) is 6.57. The van der Waals surface area contributed by atoms with Gasteiger partial charge in [-0.3, -0.25) is 4.79 Å². The second-order valence-electron chi connectivity index (χ2n) is 4.89. The third-order valence-corrected chi connectivity index (χ3v) is 3.89. The minimum atomic E-state index is -0.0600. The van der Waals surface area contributed by atoms with Crippen LogP contribution in [-0.2, 0) is 0 Å². The van der Waals surface area contributed by atoms with Crippen LogP contribution >= 0.6 is 11.3 Å². The predicted molar refractivity (Wildman–Crippen MR) is 86.9 cm³/mol. The van der Waals surface area contributed by atoms with Crippen molar-refractivity contribution in [2.24, 2.45) is 0 Å². The fourth-order valence-corrected chi connectivity index (χ4v) is 2.81. The second-order valence-corrected chi connectivity index (χ2v) is 5.67. The van der Waals surface area contributed by atoms with Crippen LogP contribution in [0.15, 0.2) is 41.1 Å². The highest BCUT2D eigenvalue weighted by atomic mass is 32.1. The molecule has 0 aliphatic heterocycles. The number of nitrogens with one attached hydrogen (secondary N) is 1. The zero-order chi connectivity index (χ0) is 14.5. The summed E-state index contributed by atoms with van der Waals surface area (Å²) in [5.41, 5.74) is 2.71. The summed E-state index contributed by atoms with van der Waals surface area (Å²) in [6.07, 6.45) is 0. The van der Waals surface area contributed by atoms with E-state index in [2.05, 4.69) is 31.0 Å². The molecule has 1 amide bonds. The number of hydrogen-bond donors (Lipinski definition) is 1. The molecule has 1 N–H and O–H groups in total. The molecular weight excluding hydrogens is 268 g/mol. The van der Waals surface area contributed by atoms with Crippen LogP contribution in [0.25, 0.3) is 0 Å². The molecular formula is C16H20N2OS. The maximum absolute atomic E-state index is 11.9. The van der Waals surface area contributed by atoms with Gasteiger partial charge < -0.3 is 10.2 Å². The molecule has 0 aliphatic rings. The van der Waals surface area contributed by atoms with Crippen molar-refractivity contribution in [1.82, 2.24) is 0 Å². The van der Waals surface area contributed by atoms with Gasteiger partial charge in [-0.25, -0.2) is 0 Å². The summed E-state index contributed by atoms with van der Waals surface area (Å²) in [5.74, 6) is -0.0600. The number of rotatable bonds is 5. The van der Waals surface area contributed by atoms with E-state index in [-0.39, 0.29) is 5.91 Å². The molecule has 1 heterocycles. The van der Waals surface area contributed by atoms with Crippen LogP contribution in [0.3, 0.4) is 0 Å². The molecule has 0 saturated heterocycles. The number of carbonyl (C=O) groups excluding carboxylic acids is 1. The Morgan fingerprint density at radius 3 is 2.45 bits per heavy atom. The van der Waals surface area contributed by atoms with Crippen LogP contribution in [-0.4, -0.2) is 18.5 Å². The summed E-state index contributed by atoms with van der Waals surface area (Å²) in [6.45, 7) is 7.47. The smallest absolute Gasteiger partial charge is 0.256 e. The molecule has 1 aromatic heterocycles. The Balaban J connectivity index is 2.07. The topological polar surface area (TPSA) is 32.3 Å². The molecule has 2 aromatic rings. The quantitative estimate of drug-likeness (QED) is 0.892. The molecule has 0 radical (unpaired) electrons. The summed E-state index contributed by atoms with van der Waals surface area (Å²) in [5, 5.41) is 6.66. The largest absolute Gasteiger partial charge is 0.369 e. The molecule has 3 nitrogen and oxygen atoms in total. The highest BCUT2D eigenvalue weighted by molar-refractivity contribution is 7.08. The number of benzene rings is 1. The molecule has 0 aliphatic carbocycles. The van der Waals surface area contributed by atoms with Gasteiger partial charge in [0.25, 0.3) is 5.91 Å². The number of thiophene rings is 1. The number of nitrogens with zero attached hydrogens (tertiary/aromatic N) is 1. The SMILES string of the molecule is CCN(c1ccc(NC(=O)c2ccsc2)cc1)C(C)C.